The molecule has 0 saturated heterocycles. The lowest BCUT2D eigenvalue weighted by Crippen LogP contribution is -2.43. The summed E-state index contributed by atoms with van der Waals surface area (Å²) in [5.41, 5.74) is 3.70. The van der Waals surface area contributed by atoms with Crippen LogP contribution < -0.4 is 10.2 Å². The highest BCUT2D eigenvalue weighted by Crippen LogP contribution is 2.32. The Hall–Kier alpha value is -2.23. The Bertz CT molecular complexity index is 619. The van der Waals surface area contributed by atoms with Crippen LogP contribution in [0, 0.1) is 0 Å². The van der Waals surface area contributed by atoms with E-state index in [9.17, 15) is 4.79 Å². The first kappa shape index (κ1) is 13.7. The molecule has 0 bridgehead atoms. The van der Waals surface area contributed by atoms with Gasteiger partial charge in [-0.2, -0.15) is 0 Å². The Morgan fingerprint density at radius 1 is 1.43 bits per heavy atom. The SMILES string of the molecule is CCOC(=O)C1CC=CC2=C(N1)N(C)c1ccccc1C2. The number of hydrogen-bond donors (Lipinski definition) is 1. The molecule has 1 atom stereocenters. The van der Waals surface area contributed by atoms with E-state index in [1.165, 1.54) is 16.8 Å². The van der Waals surface area contributed by atoms with Crippen molar-refractivity contribution >= 4 is 11.7 Å². The molecule has 1 aromatic carbocycles. The molecule has 0 fully saturated rings. The summed E-state index contributed by atoms with van der Waals surface area (Å²) in [5, 5.41) is 3.36. The Balaban J connectivity index is 1.90. The van der Waals surface area contributed by atoms with Gasteiger partial charge < -0.3 is 15.0 Å². The Labute approximate surface area is 125 Å². The number of fused-ring (bicyclic) bond motifs is 1. The second-order valence-corrected chi connectivity index (χ2v) is 5.33. The molecule has 1 unspecified atom stereocenters. The molecule has 3 rings (SSSR count). The van der Waals surface area contributed by atoms with Gasteiger partial charge in [0.15, 0.2) is 0 Å². The highest BCUT2D eigenvalue weighted by atomic mass is 16.5. The third kappa shape index (κ3) is 2.53. The van der Waals surface area contributed by atoms with Gasteiger partial charge in [-0.15, -0.1) is 0 Å². The molecule has 2 aliphatic rings. The van der Waals surface area contributed by atoms with Gasteiger partial charge in [0.1, 0.15) is 11.9 Å². The zero-order valence-electron chi connectivity index (χ0n) is 12.4. The van der Waals surface area contributed by atoms with Gasteiger partial charge in [0.25, 0.3) is 0 Å². The van der Waals surface area contributed by atoms with Gasteiger partial charge in [-0.25, -0.2) is 4.79 Å². The minimum atomic E-state index is -0.318. The van der Waals surface area contributed by atoms with Crippen LogP contribution in [-0.2, 0) is 16.0 Å². The summed E-state index contributed by atoms with van der Waals surface area (Å²) in [4.78, 5) is 14.1. The summed E-state index contributed by atoms with van der Waals surface area (Å²) >= 11 is 0. The standard InChI is InChI=1S/C17H20N2O2/c1-3-21-17(20)14-9-6-8-13-11-12-7-4-5-10-15(12)19(2)16(13)18-14/h4-8,10,14,18H,3,9,11H2,1-2H3. The summed E-state index contributed by atoms with van der Waals surface area (Å²) in [5.74, 6) is 0.809. The number of nitrogens with zero attached hydrogens (tertiary/aromatic N) is 1. The molecular weight excluding hydrogens is 264 g/mol. The molecule has 4 heteroatoms. The Morgan fingerprint density at radius 3 is 3.05 bits per heavy atom. The maximum absolute atomic E-state index is 12.0. The first-order chi connectivity index (χ1) is 10.2. The number of para-hydroxylation sites is 1. The highest BCUT2D eigenvalue weighted by molar-refractivity contribution is 5.77. The van der Waals surface area contributed by atoms with Crippen molar-refractivity contribution in [3.63, 3.8) is 0 Å². The summed E-state index contributed by atoms with van der Waals surface area (Å²) in [7, 11) is 2.03. The average Bonchev–Trinajstić information content (AvgIpc) is 2.70. The van der Waals surface area contributed by atoms with Crippen molar-refractivity contribution in [3.8, 4) is 0 Å². The summed E-state index contributed by atoms with van der Waals surface area (Å²) in [6.45, 7) is 2.24. The first-order valence-corrected chi connectivity index (χ1v) is 7.35. The average molecular weight is 284 g/mol. The van der Waals surface area contributed by atoms with Crippen molar-refractivity contribution < 1.29 is 9.53 Å². The van der Waals surface area contributed by atoms with Crippen LogP contribution in [-0.4, -0.2) is 25.7 Å². The molecule has 0 aliphatic carbocycles. The maximum atomic E-state index is 12.0. The zero-order chi connectivity index (χ0) is 14.8. The van der Waals surface area contributed by atoms with Crippen molar-refractivity contribution in [2.45, 2.75) is 25.8 Å². The van der Waals surface area contributed by atoms with E-state index in [-0.39, 0.29) is 12.0 Å². The number of hydrogen-bond acceptors (Lipinski definition) is 4. The molecule has 0 spiro atoms. The fourth-order valence-electron chi connectivity index (χ4n) is 2.91. The van der Waals surface area contributed by atoms with Crippen molar-refractivity contribution in [2.75, 3.05) is 18.6 Å². The quantitative estimate of drug-likeness (QED) is 0.847. The van der Waals surface area contributed by atoms with Crippen molar-refractivity contribution in [3.05, 3.63) is 53.4 Å². The van der Waals surface area contributed by atoms with Crippen molar-refractivity contribution in [2.24, 2.45) is 0 Å². The molecule has 0 radical (unpaired) electrons. The number of carbonyl (C=O) groups is 1. The second-order valence-electron chi connectivity index (χ2n) is 5.33. The molecule has 1 aromatic rings. The first-order valence-electron chi connectivity index (χ1n) is 7.35. The van der Waals surface area contributed by atoms with Crippen LogP contribution in [0.2, 0.25) is 0 Å². The summed E-state index contributed by atoms with van der Waals surface area (Å²) in [6.07, 6.45) is 5.71. The molecular formula is C17H20N2O2. The predicted octanol–water partition coefficient (Wildman–Crippen LogP) is 2.37. The lowest BCUT2D eigenvalue weighted by molar-refractivity contribution is -0.145. The normalized spacial score (nSPS) is 20.3. The van der Waals surface area contributed by atoms with Crippen molar-refractivity contribution in [1.29, 1.82) is 0 Å². The van der Waals surface area contributed by atoms with E-state index in [0.29, 0.717) is 13.0 Å². The van der Waals surface area contributed by atoms with E-state index in [0.717, 1.165) is 12.2 Å². The van der Waals surface area contributed by atoms with Gasteiger partial charge in [-0.1, -0.05) is 30.4 Å². The van der Waals surface area contributed by atoms with Crippen LogP contribution in [0.3, 0.4) is 0 Å². The molecule has 4 nitrogen and oxygen atoms in total. The molecule has 0 amide bonds. The molecule has 0 saturated carbocycles. The number of esters is 1. The van der Waals surface area contributed by atoms with E-state index in [1.807, 2.05) is 20.0 Å². The zero-order valence-corrected chi connectivity index (χ0v) is 12.4. The largest absolute Gasteiger partial charge is 0.464 e. The molecule has 1 N–H and O–H groups in total. The Morgan fingerprint density at radius 2 is 2.24 bits per heavy atom. The van der Waals surface area contributed by atoms with Crippen LogP contribution in [0.15, 0.2) is 47.8 Å². The second kappa shape index (κ2) is 5.64. The number of carbonyl (C=O) groups excluding carboxylic acids is 1. The summed E-state index contributed by atoms with van der Waals surface area (Å²) in [6, 6.07) is 8.04. The van der Waals surface area contributed by atoms with Crippen LogP contribution in [0.1, 0.15) is 18.9 Å². The Kier molecular flexibility index (Phi) is 3.69. The lowest BCUT2D eigenvalue weighted by Gasteiger charge is -2.33. The van der Waals surface area contributed by atoms with E-state index in [1.54, 1.807) is 0 Å². The molecule has 0 aromatic heterocycles. The van der Waals surface area contributed by atoms with E-state index in [4.69, 9.17) is 4.74 Å². The van der Waals surface area contributed by atoms with Gasteiger partial charge in [0.2, 0.25) is 0 Å². The van der Waals surface area contributed by atoms with E-state index < -0.39 is 0 Å². The van der Waals surface area contributed by atoms with E-state index in [2.05, 4.69) is 40.6 Å². The summed E-state index contributed by atoms with van der Waals surface area (Å²) < 4.78 is 5.14. The number of benzene rings is 1. The van der Waals surface area contributed by atoms with Gasteiger partial charge >= 0.3 is 5.97 Å². The van der Waals surface area contributed by atoms with Gasteiger partial charge in [0, 0.05) is 19.2 Å². The lowest BCUT2D eigenvalue weighted by atomic mass is 9.98. The fourth-order valence-corrected chi connectivity index (χ4v) is 2.91. The number of nitrogens with one attached hydrogen (secondary N) is 1. The molecule has 21 heavy (non-hydrogen) atoms. The van der Waals surface area contributed by atoms with E-state index >= 15 is 0 Å². The minimum absolute atomic E-state index is 0.192. The minimum Gasteiger partial charge on any atom is -0.464 e. The molecule has 110 valence electrons. The highest BCUT2D eigenvalue weighted by Gasteiger charge is 2.28. The predicted molar refractivity (Wildman–Crippen MR) is 82.9 cm³/mol. The van der Waals surface area contributed by atoms with Gasteiger partial charge in [0.05, 0.1) is 6.61 Å². The van der Waals surface area contributed by atoms with Gasteiger partial charge in [-0.05, 0) is 30.5 Å². The van der Waals surface area contributed by atoms with Crippen LogP contribution in [0.4, 0.5) is 5.69 Å². The van der Waals surface area contributed by atoms with Crippen molar-refractivity contribution in [1.82, 2.24) is 5.32 Å². The van der Waals surface area contributed by atoms with Gasteiger partial charge in [-0.3, -0.25) is 0 Å². The van der Waals surface area contributed by atoms with Crippen LogP contribution >= 0.6 is 0 Å². The van der Waals surface area contributed by atoms with Crippen LogP contribution in [0.25, 0.3) is 0 Å². The monoisotopic (exact) mass is 284 g/mol. The smallest absolute Gasteiger partial charge is 0.328 e. The molecule has 2 aliphatic heterocycles. The third-order valence-electron chi connectivity index (χ3n) is 3.95. The topological polar surface area (TPSA) is 41.6 Å². The maximum Gasteiger partial charge on any atom is 0.328 e. The fraction of sp³-hybridized carbons (Fsp3) is 0.353. The third-order valence-corrected chi connectivity index (χ3v) is 3.95. The number of allylic oxidation sites excluding steroid dienone is 2. The van der Waals surface area contributed by atoms with Crippen LogP contribution in [0.5, 0.6) is 0 Å². The number of anilines is 1. The number of ether oxygens (including phenoxy) is 1. The number of rotatable bonds is 2. The molecule has 2 heterocycles.